The van der Waals surface area contributed by atoms with Gasteiger partial charge in [-0.15, -0.1) is 0 Å². The Morgan fingerprint density at radius 1 is 0.535 bits per heavy atom. The lowest BCUT2D eigenvalue weighted by Crippen LogP contribution is -2.16. The number of allylic oxidation sites excluding steroid dienone is 5. The number of carboxylic acid groups (broad SMARTS) is 1. The van der Waals surface area contributed by atoms with E-state index in [-0.39, 0.29) is 18.5 Å². The summed E-state index contributed by atoms with van der Waals surface area (Å²) in [6, 6.07) is 0. The van der Waals surface area contributed by atoms with E-state index in [1.165, 1.54) is 89.9 Å². The summed E-state index contributed by atoms with van der Waals surface area (Å²) >= 11 is 0. The second kappa shape index (κ2) is 34.6. The van der Waals surface area contributed by atoms with Crippen LogP contribution in [0.5, 0.6) is 0 Å². The molecule has 1 atom stereocenters. The van der Waals surface area contributed by atoms with Crippen LogP contribution in [0.3, 0.4) is 0 Å². The lowest BCUT2D eigenvalue weighted by atomic mass is 10.0. The molecule has 0 amide bonds. The zero-order valence-electron chi connectivity index (χ0n) is 28.5. The summed E-state index contributed by atoms with van der Waals surface area (Å²) in [5.74, 6) is -0.752. The van der Waals surface area contributed by atoms with Crippen LogP contribution in [0, 0.1) is 0 Å². The number of aliphatic carboxylic acids is 1. The number of rotatable bonds is 33. The molecule has 1 N–H and O–H groups in total. The standard InChI is InChI=1S/C39H70O4/c1-3-5-7-9-11-13-14-15-16-17-18-20-22-28-32-36-39(42)43-37(33-29-25-21-19-12-10-8-6-4-2)34-30-26-23-24-27-31-35-38(40)41/h11,13,15-16,29,33,37H,3-10,12,14,17-28,30-32,34-36H2,1-2H3,(H,40,41)/b13-11-,16-15-,33-29-. The SMILES string of the molecule is CCCCC/C=C\C/C=C\CCCCCCCC(=O)OC(/C=C\CCCCCCCCC)CCCCCCCCC(=O)O. The van der Waals surface area contributed by atoms with Gasteiger partial charge in [0.1, 0.15) is 6.10 Å². The molecule has 0 spiro atoms. The molecule has 0 fully saturated rings. The van der Waals surface area contributed by atoms with E-state index in [0.29, 0.717) is 6.42 Å². The highest BCUT2D eigenvalue weighted by Crippen LogP contribution is 2.16. The normalized spacial score (nSPS) is 12.6. The van der Waals surface area contributed by atoms with Crippen molar-refractivity contribution < 1.29 is 19.4 Å². The molecular weight excluding hydrogens is 532 g/mol. The topological polar surface area (TPSA) is 63.6 Å². The number of unbranched alkanes of at least 4 members (excludes halogenated alkanes) is 20. The molecule has 4 heteroatoms. The van der Waals surface area contributed by atoms with Crippen molar-refractivity contribution >= 4 is 11.9 Å². The van der Waals surface area contributed by atoms with Crippen molar-refractivity contribution in [3.05, 3.63) is 36.5 Å². The molecule has 0 aliphatic rings. The lowest BCUT2D eigenvalue weighted by molar-refractivity contribution is -0.147. The van der Waals surface area contributed by atoms with Gasteiger partial charge in [0.15, 0.2) is 0 Å². The van der Waals surface area contributed by atoms with Crippen LogP contribution in [0.1, 0.15) is 194 Å². The summed E-state index contributed by atoms with van der Waals surface area (Å²) in [6.07, 6.45) is 44.5. The Morgan fingerprint density at radius 2 is 0.977 bits per heavy atom. The van der Waals surface area contributed by atoms with Crippen LogP contribution < -0.4 is 0 Å². The molecule has 43 heavy (non-hydrogen) atoms. The maximum Gasteiger partial charge on any atom is 0.306 e. The third kappa shape index (κ3) is 34.5. The first-order valence-electron chi connectivity index (χ1n) is 18.5. The van der Waals surface area contributed by atoms with E-state index in [9.17, 15) is 9.59 Å². The van der Waals surface area contributed by atoms with Crippen LogP contribution in [-0.4, -0.2) is 23.1 Å². The fourth-order valence-electron chi connectivity index (χ4n) is 5.30. The van der Waals surface area contributed by atoms with Gasteiger partial charge >= 0.3 is 11.9 Å². The minimum Gasteiger partial charge on any atom is -0.481 e. The quantitative estimate of drug-likeness (QED) is 0.0461. The third-order valence-corrected chi connectivity index (χ3v) is 8.07. The van der Waals surface area contributed by atoms with Gasteiger partial charge in [-0.05, 0) is 76.7 Å². The van der Waals surface area contributed by atoms with Crippen molar-refractivity contribution in [2.24, 2.45) is 0 Å². The van der Waals surface area contributed by atoms with Gasteiger partial charge in [-0.2, -0.15) is 0 Å². The van der Waals surface area contributed by atoms with E-state index < -0.39 is 5.97 Å². The molecule has 0 bridgehead atoms. The summed E-state index contributed by atoms with van der Waals surface area (Å²) in [4.78, 5) is 23.2. The van der Waals surface area contributed by atoms with Gasteiger partial charge in [-0.3, -0.25) is 9.59 Å². The van der Waals surface area contributed by atoms with Gasteiger partial charge < -0.3 is 9.84 Å². The highest BCUT2D eigenvalue weighted by Gasteiger charge is 2.11. The van der Waals surface area contributed by atoms with E-state index >= 15 is 0 Å². The van der Waals surface area contributed by atoms with Crippen LogP contribution >= 0.6 is 0 Å². The van der Waals surface area contributed by atoms with Gasteiger partial charge in [0.25, 0.3) is 0 Å². The fourth-order valence-corrected chi connectivity index (χ4v) is 5.30. The van der Waals surface area contributed by atoms with Crippen LogP contribution in [-0.2, 0) is 14.3 Å². The molecule has 0 aromatic rings. The third-order valence-electron chi connectivity index (χ3n) is 8.07. The van der Waals surface area contributed by atoms with E-state index in [0.717, 1.165) is 77.0 Å². The minimum absolute atomic E-state index is 0.0510. The highest BCUT2D eigenvalue weighted by molar-refractivity contribution is 5.69. The molecule has 0 saturated carbocycles. The number of carbonyl (C=O) groups excluding carboxylic acids is 1. The summed E-state index contributed by atoms with van der Waals surface area (Å²) < 4.78 is 5.91. The predicted molar refractivity (Wildman–Crippen MR) is 186 cm³/mol. The molecule has 0 saturated heterocycles. The van der Waals surface area contributed by atoms with Crippen molar-refractivity contribution in [3.8, 4) is 0 Å². The number of esters is 1. The summed E-state index contributed by atoms with van der Waals surface area (Å²) in [5.41, 5.74) is 0. The van der Waals surface area contributed by atoms with Crippen molar-refractivity contribution in [3.63, 3.8) is 0 Å². The van der Waals surface area contributed by atoms with Gasteiger partial charge in [0, 0.05) is 12.8 Å². The summed E-state index contributed by atoms with van der Waals surface area (Å²) in [5, 5.41) is 8.76. The van der Waals surface area contributed by atoms with Gasteiger partial charge in [-0.1, -0.05) is 141 Å². The Kier molecular flexibility index (Phi) is 33.2. The van der Waals surface area contributed by atoms with Crippen molar-refractivity contribution in [1.29, 1.82) is 0 Å². The highest BCUT2D eigenvalue weighted by atomic mass is 16.5. The Labute approximate surface area is 267 Å². The van der Waals surface area contributed by atoms with Gasteiger partial charge in [0.2, 0.25) is 0 Å². The van der Waals surface area contributed by atoms with E-state index in [4.69, 9.17) is 9.84 Å². The number of ether oxygens (including phenoxy) is 1. The average molecular weight is 603 g/mol. The van der Waals surface area contributed by atoms with Crippen LogP contribution in [0.15, 0.2) is 36.5 Å². The monoisotopic (exact) mass is 603 g/mol. The molecule has 4 nitrogen and oxygen atoms in total. The Morgan fingerprint density at radius 3 is 1.56 bits per heavy atom. The smallest absolute Gasteiger partial charge is 0.306 e. The Bertz CT molecular complexity index is 693. The molecule has 0 radical (unpaired) electrons. The van der Waals surface area contributed by atoms with Gasteiger partial charge in [0.05, 0.1) is 0 Å². The first-order valence-corrected chi connectivity index (χ1v) is 18.5. The predicted octanol–water partition coefficient (Wildman–Crippen LogP) is 12.6. The summed E-state index contributed by atoms with van der Waals surface area (Å²) in [7, 11) is 0. The molecule has 0 aromatic heterocycles. The van der Waals surface area contributed by atoms with Crippen LogP contribution in [0.2, 0.25) is 0 Å². The molecule has 0 rings (SSSR count). The Balaban J connectivity index is 4.12. The molecule has 250 valence electrons. The molecule has 0 aromatic carbocycles. The number of hydrogen-bond donors (Lipinski definition) is 1. The second-order valence-corrected chi connectivity index (χ2v) is 12.4. The van der Waals surface area contributed by atoms with E-state index in [1.807, 2.05) is 0 Å². The first kappa shape index (κ1) is 41.2. The molecule has 1 unspecified atom stereocenters. The minimum atomic E-state index is -0.701. The zero-order chi connectivity index (χ0) is 31.5. The van der Waals surface area contributed by atoms with Crippen molar-refractivity contribution in [2.75, 3.05) is 0 Å². The molecule has 0 aliphatic carbocycles. The van der Waals surface area contributed by atoms with Crippen molar-refractivity contribution in [2.45, 2.75) is 200 Å². The average Bonchev–Trinajstić information content (AvgIpc) is 2.99. The number of carboxylic acids is 1. The molecular formula is C39H70O4. The lowest BCUT2D eigenvalue weighted by Gasteiger charge is -2.15. The van der Waals surface area contributed by atoms with Crippen LogP contribution in [0.25, 0.3) is 0 Å². The fraction of sp³-hybridized carbons (Fsp3) is 0.795. The second-order valence-electron chi connectivity index (χ2n) is 12.4. The summed E-state index contributed by atoms with van der Waals surface area (Å²) in [6.45, 7) is 4.50. The molecule has 0 aliphatic heterocycles. The largest absolute Gasteiger partial charge is 0.481 e. The first-order chi connectivity index (χ1) is 21.1. The maximum absolute atomic E-state index is 12.6. The van der Waals surface area contributed by atoms with Crippen molar-refractivity contribution in [1.82, 2.24) is 0 Å². The van der Waals surface area contributed by atoms with Crippen LogP contribution in [0.4, 0.5) is 0 Å². The van der Waals surface area contributed by atoms with Gasteiger partial charge in [-0.25, -0.2) is 0 Å². The number of carbonyl (C=O) groups is 2. The number of hydrogen-bond acceptors (Lipinski definition) is 3. The zero-order valence-corrected chi connectivity index (χ0v) is 28.5. The van der Waals surface area contributed by atoms with E-state index in [1.54, 1.807) is 0 Å². The molecule has 0 heterocycles. The van der Waals surface area contributed by atoms with E-state index in [2.05, 4.69) is 50.3 Å². The Hall–Kier alpha value is -1.84. The maximum atomic E-state index is 12.6.